The van der Waals surface area contributed by atoms with Crippen molar-refractivity contribution in [3.8, 4) is 0 Å². The van der Waals surface area contributed by atoms with Crippen LogP contribution in [0.15, 0.2) is 12.2 Å². The van der Waals surface area contributed by atoms with Crippen LogP contribution in [0.3, 0.4) is 0 Å². The number of hydroxylamine groups is 1. The molecular formula is C14H19F3NO5S-. The number of carbonyl (C=O) groups is 1. The van der Waals surface area contributed by atoms with Crippen LogP contribution in [0.4, 0.5) is 13.2 Å². The summed E-state index contributed by atoms with van der Waals surface area (Å²) in [5, 5.41) is 11.5. The number of hydrogen-bond acceptors (Lipinski definition) is 5. The first-order valence-electron chi connectivity index (χ1n) is 7.57. The van der Waals surface area contributed by atoms with E-state index >= 15 is 0 Å². The van der Waals surface area contributed by atoms with Crippen molar-refractivity contribution in [2.24, 2.45) is 11.8 Å². The fraction of sp³-hybridized carbons (Fsp3) is 0.786. The van der Waals surface area contributed by atoms with E-state index in [1.807, 2.05) is 0 Å². The topological polar surface area (TPSA) is 86.7 Å². The Kier molecular flexibility index (Phi) is 5.04. The van der Waals surface area contributed by atoms with Gasteiger partial charge in [0, 0.05) is 18.5 Å². The molecule has 0 unspecified atom stereocenters. The van der Waals surface area contributed by atoms with Crippen LogP contribution in [0.25, 0.3) is 0 Å². The van der Waals surface area contributed by atoms with E-state index in [0.29, 0.717) is 0 Å². The van der Waals surface area contributed by atoms with Crippen LogP contribution in [0.5, 0.6) is 0 Å². The molecule has 2 fully saturated rings. The van der Waals surface area contributed by atoms with E-state index in [-0.39, 0.29) is 23.8 Å². The van der Waals surface area contributed by atoms with E-state index in [1.165, 1.54) is 6.92 Å². The number of sulfonamides is 1. The smallest absolute Gasteiger partial charge is 0.510 e. The lowest BCUT2D eigenvalue weighted by molar-refractivity contribution is -0.161. The highest BCUT2D eigenvalue weighted by molar-refractivity contribution is 7.90. The molecular weight excluding hydrogens is 351 g/mol. The second kappa shape index (κ2) is 6.30. The fourth-order valence-electron chi connectivity index (χ4n) is 3.79. The first kappa shape index (κ1) is 19.2. The molecule has 10 heteroatoms. The molecule has 0 saturated heterocycles. The highest BCUT2D eigenvalue weighted by Gasteiger charge is 2.57. The van der Waals surface area contributed by atoms with E-state index in [0.717, 1.165) is 25.7 Å². The van der Waals surface area contributed by atoms with E-state index in [4.69, 9.17) is 4.74 Å². The van der Waals surface area contributed by atoms with Gasteiger partial charge >= 0.3 is 21.5 Å². The minimum atomic E-state index is -5.93. The maximum atomic E-state index is 12.4. The number of alkyl halides is 3. The van der Waals surface area contributed by atoms with Crippen molar-refractivity contribution in [2.45, 2.75) is 50.1 Å². The summed E-state index contributed by atoms with van der Waals surface area (Å²) in [6.07, 6.45) is 2.69. The molecule has 6 nitrogen and oxygen atoms in total. The van der Waals surface area contributed by atoms with Gasteiger partial charge in [-0.2, -0.15) is 13.2 Å². The van der Waals surface area contributed by atoms with Gasteiger partial charge in [-0.3, -0.25) is 4.47 Å². The Hall–Kier alpha value is -1.13. The average Bonchev–Trinajstić information content (AvgIpc) is 2.98. The summed E-state index contributed by atoms with van der Waals surface area (Å²) in [5.74, 6) is -0.828. The van der Waals surface area contributed by atoms with Crippen molar-refractivity contribution in [2.75, 3.05) is 6.54 Å². The van der Waals surface area contributed by atoms with Crippen LogP contribution in [0, 0.1) is 17.0 Å². The molecule has 0 radical (unpaired) electrons. The number of carbonyl (C=O) groups excluding carboxylic acids is 1. The summed E-state index contributed by atoms with van der Waals surface area (Å²) in [4.78, 5) is 11.9. The molecule has 2 rings (SSSR count). The molecule has 0 aliphatic heterocycles. The summed E-state index contributed by atoms with van der Waals surface area (Å²) in [6.45, 7) is 4.02. The number of hydrogen-bond donors (Lipinski definition) is 0. The van der Waals surface area contributed by atoms with Gasteiger partial charge in [0.2, 0.25) is 0 Å². The van der Waals surface area contributed by atoms with Gasteiger partial charge in [-0.25, -0.2) is 13.2 Å². The second-order valence-corrected chi connectivity index (χ2v) is 8.22. The SMILES string of the molecule is C=C(C)C(=O)OC1(CCN([O-])S(=O)(=O)C(F)(F)F)C2CCC1CC2. The van der Waals surface area contributed by atoms with Crippen LogP contribution < -0.4 is 0 Å². The van der Waals surface area contributed by atoms with Gasteiger partial charge < -0.3 is 9.94 Å². The van der Waals surface area contributed by atoms with E-state index in [1.54, 1.807) is 0 Å². The Balaban J connectivity index is 2.17. The van der Waals surface area contributed by atoms with E-state index < -0.39 is 38.1 Å². The molecule has 138 valence electrons. The first-order chi connectivity index (χ1) is 10.9. The van der Waals surface area contributed by atoms with Gasteiger partial charge in [-0.05, 0) is 44.4 Å². The number of rotatable bonds is 6. The largest absolute Gasteiger partial charge is 0.772 e. The van der Waals surface area contributed by atoms with Crippen molar-refractivity contribution in [1.82, 2.24) is 4.47 Å². The standard InChI is InChI=1S/C14H19F3NO5S/c1-9(2)12(19)23-13(10-3-4-11(13)6-5-10)7-8-18(20)24(21,22)14(15,16)17/h10-11H,1,3-8H2,2H3/q-1. The number of fused-ring (bicyclic) bond motifs is 2. The lowest BCUT2D eigenvalue weighted by atomic mass is 9.87. The van der Waals surface area contributed by atoms with Gasteiger partial charge in [0.15, 0.2) is 0 Å². The van der Waals surface area contributed by atoms with Gasteiger partial charge in [-0.1, -0.05) is 6.58 Å². The molecule has 0 heterocycles. The molecule has 24 heavy (non-hydrogen) atoms. The maximum Gasteiger partial charge on any atom is 0.510 e. The van der Waals surface area contributed by atoms with Crippen LogP contribution in [-0.4, -0.2) is 36.5 Å². The Bertz CT molecular complexity index is 611. The zero-order valence-electron chi connectivity index (χ0n) is 13.1. The number of esters is 1. The molecule has 0 spiro atoms. The normalized spacial score (nSPS) is 29.9. The summed E-state index contributed by atoms with van der Waals surface area (Å²) in [5.41, 5.74) is -6.59. The summed E-state index contributed by atoms with van der Waals surface area (Å²) in [7, 11) is -5.93. The maximum absolute atomic E-state index is 12.4. The van der Waals surface area contributed by atoms with Crippen LogP contribution >= 0.6 is 0 Å². The van der Waals surface area contributed by atoms with E-state index in [2.05, 4.69) is 6.58 Å². The third-order valence-electron chi connectivity index (χ3n) is 4.99. The lowest BCUT2D eigenvalue weighted by Crippen LogP contribution is -2.45. The number of nitrogens with zero attached hydrogens (tertiary/aromatic N) is 1. The van der Waals surface area contributed by atoms with Gasteiger partial charge in [-0.15, -0.1) is 0 Å². The predicted molar refractivity (Wildman–Crippen MR) is 78.7 cm³/mol. The van der Waals surface area contributed by atoms with Gasteiger partial charge in [0.25, 0.3) is 0 Å². The molecule has 0 amide bonds. The number of ether oxygens (including phenoxy) is 1. The lowest BCUT2D eigenvalue weighted by Gasteiger charge is -2.37. The molecule has 0 atom stereocenters. The minimum Gasteiger partial charge on any atom is -0.772 e. The second-order valence-electron chi connectivity index (χ2n) is 6.40. The zero-order valence-corrected chi connectivity index (χ0v) is 14.0. The molecule has 2 aliphatic rings. The van der Waals surface area contributed by atoms with Crippen LogP contribution in [0.1, 0.15) is 39.0 Å². The molecule has 2 bridgehead atoms. The van der Waals surface area contributed by atoms with Gasteiger partial charge in [0.05, 0.1) is 0 Å². The van der Waals surface area contributed by atoms with E-state index in [9.17, 15) is 31.6 Å². The molecule has 0 aromatic rings. The highest BCUT2D eigenvalue weighted by Crippen LogP contribution is 2.56. The van der Waals surface area contributed by atoms with Crippen molar-refractivity contribution >= 4 is 16.0 Å². The quantitative estimate of drug-likeness (QED) is 0.408. The predicted octanol–water partition coefficient (Wildman–Crippen LogP) is 2.70. The third-order valence-corrected chi connectivity index (χ3v) is 6.29. The Morgan fingerprint density at radius 3 is 2.12 bits per heavy atom. The fourth-order valence-corrected chi connectivity index (χ4v) is 4.35. The Labute approximate surface area is 138 Å². The minimum absolute atomic E-state index is 0.0761. The van der Waals surface area contributed by atoms with Crippen molar-refractivity contribution in [3.05, 3.63) is 17.4 Å². The first-order valence-corrected chi connectivity index (χ1v) is 9.01. The molecule has 0 aromatic carbocycles. The summed E-state index contributed by atoms with van der Waals surface area (Å²) in [6, 6.07) is 0. The molecule has 0 N–H and O–H groups in total. The Morgan fingerprint density at radius 1 is 1.29 bits per heavy atom. The van der Waals surface area contributed by atoms with Crippen molar-refractivity contribution in [1.29, 1.82) is 0 Å². The van der Waals surface area contributed by atoms with Crippen LogP contribution in [0.2, 0.25) is 0 Å². The average molecular weight is 370 g/mol. The molecule has 2 aliphatic carbocycles. The molecule has 2 saturated carbocycles. The monoisotopic (exact) mass is 370 g/mol. The van der Waals surface area contributed by atoms with Gasteiger partial charge in [0.1, 0.15) is 5.60 Å². The molecule has 0 aromatic heterocycles. The number of halogens is 3. The zero-order chi connectivity index (χ0) is 18.3. The van der Waals surface area contributed by atoms with Crippen molar-refractivity contribution < 1.29 is 31.1 Å². The van der Waals surface area contributed by atoms with Crippen LogP contribution in [-0.2, 0) is 19.6 Å². The summed E-state index contributed by atoms with van der Waals surface area (Å²) >= 11 is 0. The van der Waals surface area contributed by atoms with Crippen molar-refractivity contribution in [3.63, 3.8) is 0 Å². The summed E-state index contributed by atoms with van der Waals surface area (Å²) < 4.78 is 64.1. The Morgan fingerprint density at radius 2 is 1.75 bits per heavy atom. The highest BCUT2D eigenvalue weighted by atomic mass is 32.2. The third kappa shape index (κ3) is 3.18.